The Kier molecular flexibility index (Phi) is 5.89. The number of carbonyl (C=O) groups excluding carboxylic acids is 1. The molecule has 0 aliphatic carbocycles. The number of ether oxygens (including phenoxy) is 2. The average molecular weight is 415 g/mol. The van der Waals surface area contributed by atoms with Crippen molar-refractivity contribution in [2.24, 2.45) is 0 Å². The van der Waals surface area contributed by atoms with Gasteiger partial charge in [0, 0.05) is 38.1 Å². The quantitative estimate of drug-likeness (QED) is 0.446. The summed E-state index contributed by atoms with van der Waals surface area (Å²) in [5.41, 5.74) is 2.79. The van der Waals surface area contributed by atoms with Crippen LogP contribution in [0, 0.1) is 0 Å². The number of imidazole rings is 1. The van der Waals surface area contributed by atoms with Crippen molar-refractivity contribution in [3.8, 4) is 22.6 Å². The van der Waals surface area contributed by atoms with Crippen LogP contribution in [0.1, 0.15) is 10.4 Å². The molecule has 6 nitrogen and oxygen atoms in total. The standard InChI is InChI=1S/C25H25N3O3/c1-27(12-13-28-11-10-26-17-28)25(29)22-7-6-18-14-19(4-5-20(18)15-22)21-8-9-23(30-2)24(16-21)31-3/h4-11,14-17H,12-13H2,1-3H3. The highest BCUT2D eigenvalue weighted by Gasteiger charge is 2.13. The van der Waals surface area contributed by atoms with Crippen LogP contribution in [-0.2, 0) is 6.54 Å². The van der Waals surface area contributed by atoms with Gasteiger partial charge in [-0.3, -0.25) is 4.79 Å². The second-order valence-electron chi connectivity index (χ2n) is 7.37. The lowest BCUT2D eigenvalue weighted by atomic mass is 9.99. The topological polar surface area (TPSA) is 56.6 Å². The molecule has 0 fully saturated rings. The molecule has 0 spiro atoms. The lowest BCUT2D eigenvalue weighted by Gasteiger charge is -2.18. The molecule has 4 aromatic rings. The van der Waals surface area contributed by atoms with Gasteiger partial charge in [-0.05, 0) is 52.2 Å². The molecule has 0 unspecified atom stereocenters. The molecule has 0 radical (unpaired) electrons. The number of rotatable bonds is 7. The first-order valence-corrected chi connectivity index (χ1v) is 10.1. The summed E-state index contributed by atoms with van der Waals surface area (Å²) in [6.07, 6.45) is 5.39. The minimum atomic E-state index is 0.00554. The lowest BCUT2D eigenvalue weighted by molar-refractivity contribution is 0.0790. The number of nitrogens with zero attached hydrogens (tertiary/aromatic N) is 3. The lowest BCUT2D eigenvalue weighted by Crippen LogP contribution is -2.29. The van der Waals surface area contributed by atoms with Crippen molar-refractivity contribution in [3.63, 3.8) is 0 Å². The monoisotopic (exact) mass is 415 g/mol. The van der Waals surface area contributed by atoms with Crippen LogP contribution in [0.3, 0.4) is 0 Å². The van der Waals surface area contributed by atoms with Crippen molar-refractivity contribution in [1.82, 2.24) is 14.5 Å². The second-order valence-corrected chi connectivity index (χ2v) is 7.37. The first-order valence-electron chi connectivity index (χ1n) is 10.1. The van der Waals surface area contributed by atoms with Crippen molar-refractivity contribution in [1.29, 1.82) is 0 Å². The van der Waals surface area contributed by atoms with Gasteiger partial charge in [0.25, 0.3) is 5.91 Å². The SMILES string of the molecule is COc1ccc(-c2ccc3cc(C(=O)N(C)CCn4ccnc4)ccc3c2)cc1OC. The van der Waals surface area contributed by atoms with E-state index >= 15 is 0 Å². The molecule has 0 saturated heterocycles. The fourth-order valence-corrected chi connectivity index (χ4v) is 3.58. The van der Waals surface area contributed by atoms with Crippen LogP contribution in [-0.4, -0.2) is 48.2 Å². The van der Waals surface area contributed by atoms with Gasteiger partial charge in [-0.15, -0.1) is 0 Å². The maximum absolute atomic E-state index is 12.8. The first kappa shape index (κ1) is 20.5. The molecule has 0 atom stereocenters. The molecule has 4 rings (SSSR count). The van der Waals surface area contributed by atoms with E-state index in [1.165, 1.54) is 0 Å². The third-order valence-electron chi connectivity index (χ3n) is 5.40. The van der Waals surface area contributed by atoms with Gasteiger partial charge in [0.1, 0.15) is 0 Å². The van der Waals surface area contributed by atoms with Crippen molar-refractivity contribution in [2.45, 2.75) is 6.54 Å². The number of carbonyl (C=O) groups is 1. The molecule has 158 valence electrons. The van der Waals surface area contributed by atoms with Crippen molar-refractivity contribution < 1.29 is 14.3 Å². The van der Waals surface area contributed by atoms with Crippen LogP contribution in [0.2, 0.25) is 0 Å². The first-order chi connectivity index (χ1) is 15.1. The number of benzene rings is 3. The van der Waals surface area contributed by atoms with Gasteiger partial charge >= 0.3 is 0 Å². The van der Waals surface area contributed by atoms with Crippen LogP contribution < -0.4 is 9.47 Å². The fourth-order valence-electron chi connectivity index (χ4n) is 3.58. The predicted octanol–water partition coefficient (Wildman–Crippen LogP) is 4.49. The van der Waals surface area contributed by atoms with E-state index in [1.807, 2.05) is 60.3 Å². The molecular weight excluding hydrogens is 390 g/mol. The summed E-state index contributed by atoms with van der Waals surface area (Å²) in [7, 11) is 5.08. The van der Waals surface area contributed by atoms with Gasteiger partial charge in [-0.2, -0.15) is 0 Å². The third kappa shape index (κ3) is 4.38. The van der Waals surface area contributed by atoms with Crippen LogP contribution in [0.4, 0.5) is 0 Å². The van der Waals surface area contributed by atoms with Gasteiger partial charge < -0.3 is 18.9 Å². The van der Waals surface area contributed by atoms with E-state index in [-0.39, 0.29) is 5.91 Å². The summed E-state index contributed by atoms with van der Waals surface area (Å²) in [6.45, 7) is 1.33. The summed E-state index contributed by atoms with van der Waals surface area (Å²) < 4.78 is 12.7. The molecule has 0 aliphatic rings. The minimum absolute atomic E-state index is 0.00554. The largest absolute Gasteiger partial charge is 0.493 e. The molecule has 0 bridgehead atoms. The fraction of sp³-hybridized carbons (Fsp3) is 0.200. The molecule has 3 aromatic carbocycles. The van der Waals surface area contributed by atoms with E-state index in [9.17, 15) is 4.79 Å². The maximum Gasteiger partial charge on any atom is 0.253 e. The van der Waals surface area contributed by atoms with Gasteiger partial charge in [0.2, 0.25) is 0 Å². The van der Waals surface area contributed by atoms with E-state index in [0.29, 0.717) is 30.2 Å². The van der Waals surface area contributed by atoms with Crippen molar-refractivity contribution in [2.75, 3.05) is 27.8 Å². The molecule has 1 heterocycles. The van der Waals surface area contributed by atoms with Gasteiger partial charge in [0.15, 0.2) is 11.5 Å². The number of hydrogen-bond donors (Lipinski definition) is 0. The number of fused-ring (bicyclic) bond motifs is 1. The Morgan fingerprint density at radius 3 is 2.39 bits per heavy atom. The number of hydrogen-bond acceptors (Lipinski definition) is 4. The normalized spacial score (nSPS) is 10.8. The van der Waals surface area contributed by atoms with E-state index < -0.39 is 0 Å². The van der Waals surface area contributed by atoms with Crippen molar-refractivity contribution >= 4 is 16.7 Å². The Balaban J connectivity index is 1.54. The zero-order valence-electron chi connectivity index (χ0n) is 17.9. The Hall–Kier alpha value is -3.80. The summed E-state index contributed by atoms with van der Waals surface area (Å²) >= 11 is 0. The molecule has 1 amide bonds. The van der Waals surface area contributed by atoms with Crippen LogP contribution in [0.25, 0.3) is 21.9 Å². The highest BCUT2D eigenvalue weighted by atomic mass is 16.5. The van der Waals surface area contributed by atoms with Gasteiger partial charge in [-0.1, -0.05) is 24.3 Å². The van der Waals surface area contributed by atoms with E-state index in [4.69, 9.17) is 9.47 Å². The molecule has 31 heavy (non-hydrogen) atoms. The van der Waals surface area contributed by atoms with E-state index in [0.717, 1.165) is 21.9 Å². The Morgan fingerprint density at radius 1 is 0.935 bits per heavy atom. The van der Waals surface area contributed by atoms with Crippen molar-refractivity contribution in [3.05, 3.63) is 78.9 Å². The average Bonchev–Trinajstić information content (AvgIpc) is 3.34. The Morgan fingerprint density at radius 2 is 1.65 bits per heavy atom. The zero-order valence-corrected chi connectivity index (χ0v) is 17.9. The minimum Gasteiger partial charge on any atom is -0.493 e. The summed E-state index contributed by atoms with van der Waals surface area (Å²) in [4.78, 5) is 18.6. The summed E-state index contributed by atoms with van der Waals surface area (Å²) in [5.74, 6) is 1.40. The highest BCUT2D eigenvalue weighted by Crippen LogP contribution is 2.33. The highest BCUT2D eigenvalue weighted by molar-refractivity contribution is 5.99. The maximum atomic E-state index is 12.8. The number of likely N-dealkylation sites (N-methyl/N-ethyl adjacent to an activating group) is 1. The predicted molar refractivity (Wildman–Crippen MR) is 122 cm³/mol. The van der Waals surface area contributed by atoms with E-state index in [1.54, 1.807) is 31.6 Å². The van der Waals surface area contributed by atoms with E-state index in [2.05, 4.69) is 17.1 Å². The van der Waals surface area contributed by atoms with Crippen LogP contribution in [0.15, 0.2) is 73.3 Å². The molecule has 0 saturated carbocycles. The number of methoxy groups -OCH3 is 2. The zero-order chi connectivity index (χ0) is 21.8. The third-order valence-corrected chi connectivity index (χ3v) is 5.40. The van der Waals surface area contributed by atoms with Gasteiger partial charge in [0.05, 0.1) is 20.5 Å². The second kappa shape index (κ2) is 8.92. The summed E-state index contributed by atoms with van der Waals surface area (Å²) in [6, 6.07) is 17.9. The molecule has 0 N–H and O–H groups in total. The van der Waals surface area contributed by atoms with Gasteiger partial charge in [-0.25, -0.2) is 4.98 Å². The Bertz CT molecular complexity index is 1200. The van der Waals surface area contributed by atoms with Crippen LogP contribution >= 0.6 is 0 Å². The number of amides is 1. The molecule has 0 aliphatic heterocycles. The smallest absolute Gasteiger partial charge is 0.253 e. The molecule has 6 heteroatoms. The Labute approximate surface area is 181 Å². The summed E-state index contributed by atoms with van der Waals surface area (Å²) in [5, 5.41) is 2.10. The number of aromatic nitrogens is 2. The van der Waals surface area contributed by atoms with Crippen LogP contribution in [0.5, 0.6) is 11.5 Å². The molecule has 1 aromatic heterocycles. The molecular formula is C25H25N3O3.